The van der Waals surface area contributed by atoms with Gasteiger partial charge in [-0.2, -0.15) is 12.6 Å². The van der Waals surface area contributed by atoms with Crippen molar-refractivity contribution in [1.82, 2.24) is 4.98 Å². The lowest BCUT2D eigenvalue weighted by molar-refractivity contribution is 1.09. The monoisotopic (exact) mass is 139 g/mol. The van der Waals surface area contributed by atoms with E-state index in [1.165, 1.54) is 5.56 Å². The van der Waals surface area contributed by atoms with Crippen LogP contribution in [0, 0.1) is 0 Å². The molecule has 1 rings (SSSR count). The van der Waals surface area contributed by atoms with Crippen molar-refractivity contribution in [1.29, 1.82) is 0 Å². The van der Waals surface area contributed by atoms with Gasteiger partial charge in [-0.15, -0.1) is 0 Å². The topological polar surface area (TPSA) is 12.9 Å². The minimum absolute atomic E-state index is 0.313. The maximum Gasteiger partial charge on any atom is 0.0270 e. The molecule has 0 aliphatic carbocycles. The highest BCUT2D eigenvalue weighted by Gasteiger charge is 1.94. The quantitative estimate of drug-likeness (QED) is 0.588. The molecular formula is C7H9NS. The van der Waals surface area contributed by atoms with Gasteiger partial charge < -0.3 is 0 Å². The third-order valence-electron chi connectivity index (χ3n) is 1.19. The van der Waals surface area contributed by atoms with E-state index in [-0.39, 0.29) is 0 Å². The fraction of sp³-hybridized carbons (Fsp3) is 0.286. The molecule has 0 bridgehead atoms. The lowest BCUT2D eigenvalue weighted by Gasteiger charge is -2.00. The Balaban J connectivity index is 2.85. The largest absolute Gasteiger partial charge is 0.265 e. The zero-order valence-electron chi connectivity index (χ0n) is 5.28. The molecule has 0 unspecified atom stereocenters. The molecule has 0 aliphatic rings. The van der Waals surface area contributed by atoms with Crippen molar-refractivity contribution in [2.24, 2.45) is 0 Å². The van der Waals surface area contributed by atoms with Crippen LogP contribution in [0.25, 0.3) is 0 Å². The van der Waals surface area contributed by atoms with E-state index in [2.05, 4.69) is 17.6 Å². The molecule has 1 atom stereocenters. The van der Waals surface area contributed by atoms with Gasteiger partial charge in [0.2, 0.25) is 0 Å². The molecule has 0 amide bonds. The molecule has 0 spiro atoms. The van der Waals surface area contributed by atoms with E-state index in [0.29, 0.717) is 5.25 Å². The van der Waals surface area contributed by atoms with Gasteiger partial charge in [-0.3, -0.25) is 4.98 Å². The molecule has 0 radical (unpaired) electrons. The molecule has 0 saturated heterocycles. The smallest absolute Gasteiger partial charge is 0.0270 e. The molecule has 9 heavy (non-hydrogen) atoms. The van der Waals surface area contributed by atoms with Gasteiger partial charge >= 0.3 is 0 Å². The second kappa shape index (κ2) is 2.87. The van der Waals surface area contributed by atoms with Crippen LogP contribution in [0.15, 0.2) is 24.5 Å². The predicted molar refractivity (Wildman–Crippen MR) is 41.6 cm³/mol. The molecule has 48 valence electrons. The van der Waals surface area contributed by atoms with Crippen molar-refractivity contribution >= 4 is 12.6 Å². The van der Waals surface area contributed by atoms with Crippen LogP contribution in [0.3, 0.4) is 0 Å². The molecule has 1 heterocycles. The maximum atomic E-state index is 4.26. The summed E-state index contributed by atoms with van der Waals surface area (Å²) in [6.07, 6.45) is 3.56. The Morgan fingerprint density at radius 2 is 2.00 bits per heavy atom. The Kier molecular flexibility index (Phi) is 2.11. The number of hydrogen-bond donors (Lipinski definition) is 1. The molecule has 0 fully saturated rings. The molecular weight excluding hydrogens is 130 g/mol. The van der Waals surface area contributed by atoms with Crippen LogP contribution in [-0.4, -0.2) is 4.98 Å². The van der Waals surface area contributed by atoms with Crippen LogP contribution in [0.2, 0.25) is 0 Å². The number of aromatic nitrogens is 1. The van der Waals surface area contributed by atoms with E-state index < -0.39 is 0 Å². The molecule has 0 saturated carbocycles. The highest BCUT2D eigenvalue weighted by atomic mass is 32.1. The van der Waals surface area contributed by atoms with Crippen molar-refractivity contribution < 1.29 is 0 Å². The van der Waals surface area contributed by atoms with Gasteiger partial charge in [0.25, 0.3) is 0 Å². The molecule has 1 nitrogen and oxygen atoms in total. The van der Waals surface area contributed by atoms with Crippen molar-refractivity contribution in [2.45, 2.75) is 12.2 Å². The van der Waals surface area contributed by atoms with Crippen LogP contribution >= 0.6 is 12.6 Å². The average Bonchev–Trinajstić information content (AvgIpc) is 1.90. The van der Waals surface area contributed by atoms with Gasteiger partial charge in [-0.1, -0.05) is 0 Å². The van der Waals surface area contributed by atoms with E-state index in [1.807, 2.05) is 19.1 Å². The summed E-state index contributed by atoms with van der Waals surface area (Å²) in [7, 11) is 0. The average molecular weight is 139 g/mol. The molecule has 0 aromatic carbocycles. The van der Waals surface area contributed by atoms with Crippen LogP contribution < -0.4 is 0 Å². The lowest BCUT2D eigenvalue weighted by Crippen LogP contribution is -1.82. The number of rotatable bonds is 1. The highest BCUT2D eigenvalue weighted by Crippen LogP contribution is 2.16. The summed E-state index contributed by atoms with van der Waals surface area (Å²) in [6, 6.07) is 3.94. The summed E-state index contributed by atoms with van der Waals surface area (Å²) >= 11 is 4.26. The second-order valence-electron chi connectivity index (χ2n) is 1.96. The van der Waals surface area contributed by atoms with Gasteiger partial charge in [0.1, 0.15) is 0 Å². The summed E-state index contributed by atoms with van der Waals surface area (Å²) in [6.45, 7) is 2.04. The van der Waals surface area contributed by atoms with E-state index >= 15 is 0 Å². The Bertz CT molecular complexity index is 172. The third-order valence-corrected chi connectivity index (χ3v) is 1.49. The first kappa shape index (κ1) is 6.62. The SMILES string of the molecule is C[C@H](S)c1ccncc1. The van der Waals surface area contributed by atoms with Gasteiger partial charge in [-0.25, -0.2) is 0 Å². The molecule has 0 N–H and O–H groups in total. The lowest BCUT2D eigenvalue weighted by atomic mass is 10.2. The third kappa shape index (κ3) is 1.72. The summed E-state index contributed by atoms with van der Waals surface area (Å²) in [4.78, 5) is 3.89. The molecule has 0 aliphatic heterocycles. The zero-order valence-corrected chi connectivity index (χ0v) is 6.18. The minimum Gasteiger partial charge on any atom is -0.265 e. The van der Waals surface area contributed by atoms with E-state index in [1.54, 1.807) is 12.4 Å². The molecule has 1 aromatic heterocycles. The fourth-order valence-corrected chi connectivity index (χ4v) is 0.814. The zero-order chi connectivity index (χ0) is 6.69. The minimum atomic E-state index is 0.313. The first-order valence-electron chi connectivity index (χ1n) is 2.88. The van der Waals surface area contributed by atoms with E-state index in [0.717, 1.165) is 0 Å². The molecule has 2 heteroatoms. The first-order chi connectivity index (χ1) is 4.30. The van der Waals surface area contributed by atoms with Crippen molar-refractivity contribution in [3.8, 4) is 0 Å². The number of hydrogen-bond acceptors (Lipinski definition) is 2. The summed E-state index contributed by atoms with van der Waals surface area (Å²) in [5, 5.41) is 0.313. The Labute approximate surface area is 60.5 Å². The van der Waals surface area contributed by atoms with E-state index in [4.69, 9.17) is 0 Å². The Morgan fingerprint density at radius 1 is 1.44 bits per heavy atom. The second-order valence-corrected chi connectivity index (χ2v) is 2.73. The number of pyridine rings is 1. The normalized spacial score (nSPS) is 13.1. The summed E-state index contributed by atoms with van der Waals surface area (Å²) in [5.41, 5.74) is 1.22. The number of nitrogens with zero attached hydrogens (tertiary/aromatic N) is 1. The number of thiol groups is 1. The first-order valence-corrected chi connectivity index (χ1v) is 3.40. The van der Waals surface area contributed by atoms with Crippen molar-refractivity contribution in [3.05, 3.63) is 30.1 Å². The van der Waals surface area contributed by atoms with Crippen molar-refractivity contribution in [2.75, 3.05) is 0 Å². The summed E-state index contributed by atoms with van der Waals surface area (Å²) in [5.74, 6) is 0. The van der Waals surface area contributed by atoms with Gasteiger partial charge in [0, 0.05) is 17.6 Å². The highest BCUT2D eigenvalue weighted by molar-refractivity contribution is 7.80. The fourth-order valence-electron chi connectivity index (χ4n) is 0.642. The molecule has 1 aromatic rings. The summed E-state index contributed by atoms with van der Waals surface area (Å²) < 4.78 is 0. The standard InChI is InChI=1S/C7H9NS/c1-6(9)7-2-4-8-5-3-7/h2-6,9H,1H3/t6-/m0/s1. The van der Waals surface area contributed by atoms with Gasteiger partial charge in [-0.05, 0) is 24.6 Å². The maximum absolute atomic E-state index is 4.26. The van der Waals surface area contributed by atoms with Gasteiger partial charge in [0.15, 0.2) is 0 Å². The Hall–Kier alpha value is -0.500. The van der Waals surface area contributed by atoms with Crippen LogP contribution in [0.5, 0.6) is 0 Å². The van der Waals surface area contributed by atoms with Crippen molar-refractivity contribution in [3.63, 3.8) is 0 Å². The van der Waals surface area contributed by atoms with Crippen LogP contribution in [-0.2, 0) is 0 Å². The van der Waals surface area contributed by atoms with Crippen LogP contribution in [0.4, 0.5) is 0 Å². The Morgan fingerprint density at radius 3 is 2.33 bits per heavy atom. The van der Waals surface area contributed by atoms with Crippen LogP contribution in [0.1, 0.15) is 17.7 Å². The predicted octanol–water partition coefficient (Wildman–Crippen LogP) is 2.07. The van der Waals surface area contributed by atoms with E-state index in [9.17, 15) is 0 Å². The van der Waals surface area contributed by atoms with Gasteiger partial charge in [0.05, 0.1) is 0 Å².